The molecule has 1 heterocycles. The SMILES string of the molecule is C=Cc1ccc(CN(c2cc3oc(-c4ccc(F)cc4)c(C(=O)NC)c3cc2C2CC2)S(=O)[O-])cc1Cl. The van der Waals surface area contributed by atoms with E-state index in [1.54, 1.807) is 30.3 Å². The van der Waals surface area contributed by atoms with Gasteiger partial charge < -0.3 is 14.3 Å². The van der Waals surface area contributed by atoms with E-state index in [4.69, 9.17) is 16.0 Å². The van der Waals surface area contributed by atoms with E-state index in [0.717, 1.165) is 24.0 Å². The van der Waals surface area contributed by atoms with Crippen molar-refractivity contribution in [1.29, 1.82) is 0 Å². The highest BCUT2D eigenvalue weighted by molar-refractivity contribution is 7.80. The van der Waals surface area contributed by atoms with Crippen LogP contribution in [0.2, 0.25) is 5.02 Å². The summed E-state index contributed by atoms with van der Waals surface area (Å²) in [5.74, 6) is -0.308. The molecule has 0 saturated heterocycles. The maximum absolute atomic E-state index is 13.6. The number of carbonyl (C=O) groups excluding carboxylic acids is 1. The molecular weight excluding hydrogens is 515 g/mol. The number of halogens is 2. The van der Waals surface area contributed by atoms with Gasteiger partial charge in [-0.3, -0.25) is 13.3 Å². The Morgan fingerprint density at radius 3 is 2.57 bits per heavy atom. The fourth-order valence-corrected chi connectivity index (χ4v) is 5.31. The highest BCUT2D eigenvalue weighted by Crippen LogP contribution is 2.48. The zero-order valence-corrected chi connectivity index (χ0v) is 21.5. The number of benzene rings is 3. The highest BCUT2D eigenvalue weighted by Gasteiger charge is 2.31. The lowest BCUT2D eigenvalue weighted by Gasteiger charge is -2.29. The van der Waals surface area contributed by atoms with Crippen LogP contribution >= 0.6 is 11.6 Å². The standard InChI is InChI=1S/C28H24ClFN2O4S/c1-3-17-5-4-16(12-23(17)29)15-32(37(34)35)24-14-25-22(13-21(24)18-6-7-18)26(28(33)31-2)27(36-25)19-8-10-20(30)11-9-19/h3-5,8-14,18H,1,6-7,15H2,2H3,(H,31,33)(H,34,35)/p-1. The Morgan fingerprint density at radius 2 is 1.97 bits per heavy atom. The minimum absolute atomic E-state index is 0.0618. The molecule has 0 spiro atoms. The van der Waals surface area contributed by atoms with Crippen LogP contribution in [-0.4, -0.2) is 21.7 Å². The van der Waals surface area contributed by atoms with Gasteiger partial charge in [-0.15, -0.1) is 0 Å². The van der Waals surface area contributed by atoms with Gasteiger partial charge in [0, 0.05) is 40.4 Å². The number of hydrogen-bond donors (Lipinski definition) is 1. The number of carbonyl (C=O) groups is 1. The zero-order valence-electron chi connectivity index (χ0n) is 19.9. The first-order valence-corrected chi connectivity index (χ1v) is 13.1. The Hall–Kier alpha value is -3.46. The molecule has 6 nitrogen and oxygen atoms in total. The molecule has 0 bridgehead atoms. The van der Waals surface area contributed by atoms with Gasteiger partial charge in [0.05, 0.1) is 17.8 Å². The summed E-state index contributed by atoms with van der Waals surface area (Å²) in [7, 11) is 1.52. The number of fused-ring (bicyclic) bond motifs is 1. The molecule has 5 rings (SSSR count). The molecule has 9 heteroatoms. The van der Waals surface area contributed by atoms with E-state index in [9.17, 15) is 17.9 Å². The first-order chi connectivity index (χ1) is 17.8. The number of amides is 1. The monoisotopic (exact) mass is 537 g/mol. The summed E-state index contributed by atoms with van der Waals surface area (Å²) in [6, 6.07) is 14.5. The van der Waals surface area contributed by atoms with Gasteiger partial charge in [-0.25, -0.2) is 4.39 Å². The van der Waals surface area contributed by atoms with Crippen molar-refractivity contribution in [3.05, 3.63) is 94.3 Å². The van der Waals surface area contributed by atoms with Crippen LogP contribution in [0.1, 0.15) is 45.8 Å². The lowest BCUT2D eigenvalue weighted by molar-refractivity contribution is 0.0964. The molecule has 0 aliphatic heterocycles. The number of anilines is 1. The second kappa shape index (κ2) is 10.1. The van der Waals surface area contributed by atoms with Gasteiger partial charge in [0.2, 0.25) is 0 Å². The van der Waals surface area contributed by atoms with Gasteiger partial charge >= 0.3 is 0 Å². The van der Waals surface area contributed by atoms with Crippen molar-refractivity contribution in [3.63, 3.8) is 0 Å². The number of furan rings is 1. The van der Waals surface area contributed by atoms with Crippen LogP contribution < -0.4 is 9.62 Å². The smallest absolute Gasteiger partial charge is 0.255 e. The lowest BCUT2D eigenvalue weighted by atomic mass is 10.00. The first kappa shape index (κ1) is 25.2. The Kier molecular flexibility index (Phi) is 6.90. The van der Waals surface area contributed by atoms with E-state index in [1.807, 2.05) is 6.07 Å². The summed E-state index contributed by atoms with van der Waals surface area (Å²) in [6.07, 6.45) is 3.46. The second-order valence-electron chi connectivity index (χ2n) is 8.89. The normalized spacial score (nSPS) is 13.9. The quantitative estimate of drug-likeness (QED) is 0.257. The molecule has 37 heavy (non-hydrogen) atoms. The molecule has 1 unspecified atom stereocenters. The van der Waals surface area contributed by atoms with E-state index in [1.165, 1.54) is 35.6 Å². The third kappa shape index (κ3) is 4.92. The predicted molar refractivity (Wildman–Crippen MR) is 144 cm³/mol. The molecule has 1 atom stereocenters. The Bertz CT molecular complexity index is 1550. The second-order valence-corrected chi connectivity index (χ2v) is 10.2. The predicted octanol–water partition coefficient (Wildman–Crippen LogP) is 6.57. The first-order valence-electron chi connectivity index (χ1n) is 11.7. The highest BCUT2D eigenvalue weighted by atomic mass is 35.5. The zero-order chi connectivity index (χ0) is 26.3. The molecule has 1 aliphatic rings. The number of nitrogens with zero attached hydrogens (tertiary/aromatic N) is 1. The molecule has 4 aromatic rings. The van der Waals surface area contributed by atoms with Gasteiger partial charge in [-0.2, -0.15) is 0 Å². The Morgan fingerprint density at radius 1 is 1.24 bits per heavy atom. The maximum atomic E-state index is 13.6. The average molecular weight is 538 g/mol. The summed E-state index contributed by atoms with van der Waals surface area (Å²) < 4.78 is 45.9. The van der Waals surface area contributed by atoms with Gasteiger partial charge in [0.15, 0.2) is 0 Å². The molecule has 1 N–H and O–H groups in total. The fraction of sp³-hybridized carbons (Fsp3) is 0.179. The van der Waals surface area contributed by atoms with Gasteiger partial charge in [0.25, 0.3) is 5.91 Å². The number of rotatable bonds is 8. The molecule has 1 fully saturated rings. The third-order valence-corrected chi connectivity index (χ3v) is 7.49. The Labute approximate surface area is 221 Å². The van der Waals surface area contributed by atoms with Gasteiger partial charge in [0.1, 0.15) is 17.2 Å². The topological polar surface area (TPSA) is 85.6 Å². The molecule has 190 valence electrons. The molecule has 1 saturated carbocycles. The fourth-order valence-electron chi connectivity index (χ4n) is 4.46. The van der Waals surface area contributed by atoms with Crippen molar-refractivity contribution < 1.29 is 22.4 Å². The molecular formula is C28H23ClFN2O4S-. The van der Waals surface area contributed by atoms with E-state index < -0.39 is 17.1 Å². The summed E-state index contributed by atoms with van der Waals surface area (Å²) in [4.78, 5) is 12.9. The summed E-state index contributed by atoms with van der Waals surface area (Å²) in [5, 5.41) is 3.69. The third-order valence-electron chi connectivity index (χ3n) is 6.47. The van der Waals surface area contributed by atoms with E-state index in [-0.39, 0.29) is 24.1 Å². The molecule has 1 aliphatic carbocycles. The van der Waals surface area contributed by atoms with Crippen LogP contribution in [0.25, 0.3) is 28.4 Å². The van der Waals surface area contributed by atoms with E-state index in [0.29, 0.717) is 38.4 Å². The maximum Gasteiger partial charge on any atom is 0.255 e. The minimum Gasteiger partial charge on any atom is -0.755 e. The van der Waals surface area contributed by atoms with E-state index in [2.05, 4.69) is 11.9 Å². The van der Waals surface area contributed by atoms with Crippen molar-refractivity contribution in [3.8, 4) is 11.3 Å². The van der Waals surface area contributed by atoms with Crippen LogP contribution in [0.5, 0.6) is 0 Å². The minimum atomic E-state index is -2.60. The Balaban J connectivity index is 1.67. The van der Waals surface area contributed by atoms with Gasteiger partial charge in [-0.1, -0.05) is 36.4 Å². The number of hydrogen-bond acceptors (Lipinski definition) is 4. The van der Waals surface area contributed by atoms with Crippen molar-refractivity contribution in [2.24, 2.45) is 0 Å². The van der Waals surface area contributed by atoms with Crippen LogP contribution in [0.15, 0.2) is 65.6 Å². The van der Waals surface area contributed by atoms with Crippen LogP contribution in [-0.2, 0) is 17.8 Å². The van der Waals surface area contributed by atoms with Gasteiger partial charge in [-0.05, 0) is 71.8 Å². The summed E-state index contributed by atoms with van der Waals surface area (Å²) in [6.45, 7) is 3.79. The lowest BCUT2D eigenvalue weighted by Crippen LogP contribution is -2.26. The van der Waals surface area contributed by atoms with Crippen LogP contribution in [0.3, 0.4) is 0 Å². The molecule has 0 radical (unpaired) electrons. The summed E-state index contributed by atoms with van der Waals surface area (Å²) >= 11 is 3.72. The molecule has 3 aromatic carbocycles. The van der Waals surface area contributed by atoms with Crippen molar-refractivity contribution in [1.82, 2.24) is 5.32 Å². The van der Waals surface area contributed by atoms with Crippen molar-refractivity contribution >= 4 is 51.5 Å². The number of nitrogens with one attached hydrogen (secondary N) is 1. The summed E-state index contributed by atoms with van der Waals surface area (Å²) in [5.41, 5.74) is 3.97. The van der Waals surface area contributed by atoms with Crippen molar-refractivity contribution in [2.45, 2.75) is 25.3 Å². The van der Waals surface area contributed by atoms with Crippen LogP contribution in [0.4, 0.5) is 10.1 Å². The van der Waals surface area contributed by atoms with E-state index >= 15 is 0 Å². The average Bonchev–Trinajstić information content (AvgIpc) is 3.67. The largest absolute Gasteiger partial charge is 0.755 e. The molecule has 1 amide bonds. The molecule has 1 aromatic heterocycles. The van der Waals surface area contributed by atoms with Crippen molar-refractivity contribution in [2.75, 3.05) is 11.4 Å². The van der Waals surface area contributed by atoms with Crippen LogP contribution in [0, 0.1) is 5.82 Å².